The third kappa shape index (κ3) is 4.93. The van der Waals surface area contributed by atoms with Gasteiger partial charge in [-0.25, -0.2) is 9.97 Å². The normalized spacial score (nSPS) is 15.3. The number of pyridine rings is 3. The molecule has 12 heteroatoms. The highest BCUT2D eigenvalue weighted by Crippen LogP contribution is 2.40. The van der Waals surface area contributed by atoms with Gasteiger partial charge in [-0.05, 0) is 60.6 Å². The van der Waals surface area contributed by atoms with Crippen LogP contribution in [0.1, 0.15) is 53.8 Å². The lowest BCUT2D eigenvalue weighted by molar-refractivity contribution is -0.142. The van der Waals surface area contributed by atoms with Gasteiger partial charge in [0.25, 0.3) is 11.5 Å². The van der Waals surface area contributed by atoms with Crippen molar-refractivity contribution in [2.75, 3.05) is 16.8 Å². The minimum Gasteiger partial charge on any atom is -0.461 e. The maximum atomic E-state index is 14.0. The van der Waals surface area contributed by atoms with Crippen LogP contribution in [0.4, 0.5) is 17.3 Å². The Bertz CT molecular complexity index is 2140. The van der Waals surface area contributed by atoms with Crippen LogP contribution in [0.3, 0.4) is 0 Å². The van der Waals surface area contributed by atoms with Crippen molar-refractivity contribution in [3.8, 4) is 11.1 Å². The number of ether oxygens (including phenoxy) is 1. The van der Waals surface area contributed by atoms with Crippen LogP contribution in [0.5, 0.6) is 0 Å². The molecule has 0 atom stereocenters. The van der Waals surface area contributed by atoms with Crippen LogP contribution in [-0.2, 0) is 49.6 Å². The lowest BCUT2D eigenvalue weighted by Gasteiger charge is -2.31. The number of amides is 1. The summed E-state index contributed by atoms with van der Waals surface area (Å²) in [4.78, 5) is 50.1. The molecule has 12 nitrogen and oxygen atoms in total. The molecule has 0 unspecified atom stereocenters. The van der Waals surface area contributed by atoms with E-state index in [1.807, 2.05) is 32.2 Å². The fraction of sp³-hybridized carbons (Fsp3) is 0.353. The number of rotatable bonds is 6. The second-order valence-electron chi connectivity index (χ2n) is 13.0. The van der Waals surface area contributed by atoms with Gasteiger partial charge in [-0.3, -0.25) is 24.0 Å². The quantitative estimate of drug-likeness (QED) is 0.276. The molecule has 0 bridgehead atoms. The van der Waals surface area contributed by atoms with Crippen molar-refractivity contribution in [1.82, 2.24) is 28.9 Å². The van der Waals surface area contributed by atoms with Gasteiger partial charge in [0.2, 0.25) is 0 Å². The molecular weight excluding hydrogens is 584 g/mol. The molecule has 1 amide bonds. The summed E-state index contributed by atoms with van der Waals surface area (Å²) < 4.78 is 10.9. The smallest absolute Gasteiger partial charge is 0.302 e. The first-order chi connectivity index (χ1) is 21.9. The predicted octanol–water partition coefficient (Wildman–Crippen LogP) is 4.43. The third-order valence-corrected chi connectivity index (χ3v) is 9.11. The number of hydrogen-bond donors (Lipinski definition) is 1. The van der Waals surface area contributed by atoms with Gasteiger partial charge in [0.05, 0.1) is 6.20 Å². The molecular formula is C34H36N8O4. The molecule has 7 rings (SSSR count). The van der Waals surface area contributed by atoms with E-state index in [9.17, 15) is 14.4 Å². The lowest BCUT2D eigenvalue weighted by Crippen LogP contribution is -2.41. The van der Waals surface area contributed by atoms with Gasteiger partial charge < -0.3 is 19.2 Å². The molecule has 0 spiro atoms. The van der Waals surface area contributed by atoms with Gasteiger partial charge >= 0.3 is 5.97 Å². The van der Waals surface area contributed by atoms with Crippen LogP contribution in [0.2, 0.25) is 0 Å². The molecule has 5 aromatic heterocycles. The summed E-state index contributed by atoms with van der Waals surface area (Å²) in [5.41, 5.74) is 7.08. The molecule has 1 aliphatic heterocycles. The number of fused-ring (bicyclic) bond motifs is 4. The van der Waals surface area contributed by atoms with E-state index in [0.29, 0.717) is 52.8 Å². The summed E-state index contributed by atoms with van der Waals surface area (Å²) in [6.07, 6.45) is 6.92. The largest absolute Gasteiger partial charge is 0.461 e. The van der Waals surface area contributed by atoms with E-state index in [0.717, 1.165) is 29.4 Å². The van der Waals surface area contributed by atoms with E-state index in [2.05, 4.69) is 38.8 Å². The maximum absolute atomic E-state index is 14.0. The van der Waals surface area contributed by atoms with E-state index in [-0.39, 0.29) is 23.5 Å². The van der Waals surface area contributed by atoms with Crippen molar-refractivity contribution in [2.24, 2.45) is 19.5 Å². The molecule has 46 heavy (non-hydrogen) atoms. The monoisotopic (exact) mass is 620 g/mol. The molecule has 0 radical (unpaired) electrons. The highest BCUT2D eigenvalue weighted by molar-refractivity contribution is 6.06. The van der Waals surface area contributed by atoms with E-state index < -0.39 is 5.97 Å². The molecule has 6 heterocycles. The van der Waals surface area contributed by atoms with Gasteiger partial charge in [-0.1, -0.05) is 13.8 Å². The lowest BCUT2D eigenvalue weighted by atomic mass is 9.90. The molecule has 0 saturated carbocycles. The van der Waals surface area contributed by atoms with Crippen molar-refractivity contribution in [3.63, 3.8) is 0 Å². The zero-order valence-electron chi connectivity index (χ0n) is 26.8. The number of aromatic nitrogens is 6. The number of nitrogens with one attached hydrogen (secondary N) is 1. The fourth-order valence-electron chi connectivity index (χ4n) is 6.80. The Morgan fingerprint density at radius 1 is 1.09 bits per heavy atom. The SMILES string of the molecule is CC(=O)OCc1c(-c2cc(Nc3cc4c(C)n(C)nc4cn3)c(=O)n(C)c2)ccnc1N1CCn2c(cc3c2CC(C)(C)C3)C1=O. The summed E-state index contributed by atoms with van der Waals surface area (Å²) >= 11 is 0. The number of nitrogens with zero attached hydrogens (tertiary/aromatic N) is 7. The van der Waals surface area contributed by atoms with Crippen molar-refractivity contribution in [1.29, 1.82) is 0 Å². The first-order valence-corrected chi connectivity index (χ1v) is 15.3. The van der Waals surface area contributed by atoms with Crippen LogP contribution >= 0.6 is 0 Å². The Morgan fingerprint density at radius 2 is 1.89 bits per heavy atom. The Morgan fingerprint density at radius 3 is 2.67 bits per heavy atom. The van der Waals surface area contributed by atoms with Gasteiger partial charge in [-0.2, -0.15) is 5.10 Å². The first kappa shape index (κ1) is 29.5. The van der Waals surface area contributed by atoms with E-state index >= 15 is 0 Å². The molecule has 1 N–H and O–H groups in total. The average Bonchev–Trinajstić information content (AvgIpc) is 3.60. The molecule has 0 aromatic carbocycles. The number of hydrogen-bond acceptors (Lipinski definition) is 8. The van der Waals surface area contributed by atoms with Gasteiger partial charge in [-0.15, -0.1) is 0 Å². The molecule has 0 fully saturated rings. The summed E-state index contributed by atoms with van der Waals surface area (Å²) in [6, 6.07) is 7.45. The van der Waals surface area contributed by atoms with Crippen LogP contribution in [0, 0.1) is 12.3 Å². The number of esters is 1. The standard InChI is InChI=1S/C34H36N8O4/c1-19-24-13-30(36-16-27(24)38-40(19)6)37-26-11-22(17-39(5)32(26)44)23-7-8-35-31(25(23)18-46-20(2)43)42-10-9-41-28(33(42)45)12-21-14-34(3,4)15-29(21)41/h7-8,11-13,16-17,37H,9-10,14-15,18H2,1-6H3. The Kier molecular flexibility index (Phi) is 6.84. The zero-order valence-corrected chi connectivity index (χ0v) is 26.8. The van der Waals surface area contributed by atoms with Crippen LogP contribution in [0.25, 0.3) is 22.0 Å². The van der Waals surface area contributed by atoms with Crippen LogP contribution in [-0.4, -0.2) is 47.3 Å². The molecule has 0 saturated heterocycles. The second kappa shape index (κ2) is 10.7. The van der Waals surface area contributed by atoms with E-state index in [4.69, 9.17) is 4.74 Å². The Labute approximate surface area is 265 Å². The number of aryl methyl sites for hydroxylation is 3. The molecule has 2 aliphatic rings. The summed E-state index contributed by atoms with van der Waals surface area (Å²) in [7, 11) is 3.55. The first-order valence-electron chi connectivity index (χ1n) is 15.3. The third-order valence-electron chi connectivity index (χ3n) is 9.11. The van der Waals surface area contributed by atoms with Crippen molar-refractivity contribution >= 4 is 40.1 Å². The van der Waals surface area contributed by atoms with E-state index in [1.165, 1.54) is 22.7 Å². The van der Waals surface area contributed by atoms with Crippen molar-refractivity contribution in [3.05, 3.63) is 81.4 Å². The summed E-state index contributed by atoms with van der Waals surface area (Å²) in [5.74, 6) is 0.348. The zero-order chi connectivity index (χ0) is 32.5. The fourth-order valence-corrected chi connectivity index (χ4v) is 6.80. The second-order valence-corrected chi connectivity index (χ2v) is 13.0. The highest BCUT2D eigenvalue weighted by atomic mass is 16.5. The average molecular weight is 621 g/mol. The van der Waals surface area contributed by atoms with E-state index in [1.54, 1.807) is 41.3 Å². The van der Waals surface area contributed by atoms with Crippen molar-refractivity contribution < 1.29 is 14.3 Å². The molecule has 5 aromatic rings. The van der Waals surface area contributed by atoms with Crippen LogP contribution in [0.15, 0.2) is 47.7 Å². The number of anilines is 3. The minimum atomic E-state index is -0.450. The number of carbonyl (C=O) groups excluding carboxylic acids is 2. The summed E-state index contributed by atoms with van der Waals surface area (Å²) in [5, 5.41) is 8.58. The topological polar surface area (TPSA) is 129 Å². The molecule has 1 aliphatic carbocycles. The highest BCUT2D eigenvalue weighted by Gasteiger charge is 2.37. The van der Waals surface area contributed by atoms with Crippen molar-refractivity contribution in [2.45, 2.75) is 53.7 Å². The molecule has 236 valence electrons. The van der Waals surface area contributed by atoms with Crippen LogP contribution < -0.4 is 15.8 Å². The number of carbonyl (C=O) groups is 2. The Hall–Kier alpha value is -5.26. The predicted molar refractivity (Wildman–Crippen MR) is 174 cm³/mol. The van der Waals surface area contributed by atoms with Gasteiger partial charge in [0.1, 0.15) is 35.1 Å². The van der Waals surface area contributed by atoms with Gasteiger partial charge in [0.15, 0.2) is 0 Å². The maximum Gasteiger partial charge on any atom is 0.302 e. The van der Waals surface area contributed by atoms with Gasteiger partial charge in [0, 0.05) is 74.4 Å². The Balaban J connectivity index is 1.28. The minimum absolute atomic E-state index is 0.0899. The summed E-state index contributed by atoms with van der Waals surface area (Å²) in [6.45, 7) is 8.82.